The number of hydrogen-bond donors (Lipinski definition) is 2. The zero-order valence-electron chi connectivity index (χ0n) is 14.9. The number of benzene rings is 2. The first-order valence-corrected chi connectivity index (χ1v) is 8.34. The fourth-order valence-electron chi connectivity index (χ4n) is 3.28. The minimum Gasteiger partial charge on any atom is -0.350 e. The Morgan fingerprint density at radius 3 is 2.54 bits per heavy atom. The van der Waals surface area contributed by atoms with Crippen LogP contribution < -0.4 is 5.32 Å². The van der Waals surface area contributed by atoms with Crippen LogP contribution in [0.25, 0.3) is 10.9 Å². The van der Waals surface area contributed by atoms with Gasteiger partial charge in [0.1, 0.15) is 0 Å². The molecule has 134 valence electrons. The van der Waals surface area contributed by atoms with Gasteiger partial charge in [0.15, 0.2) is 5.69 Å². The van der Waals surface area contributed by atoms with Crippen molar-refractivity contribution in [1.29, 1.82) is 0 Å². The number of non-ortho nitro benzene ring substituents is 1. The topological polar surface area (TPSA) is 101 Å². The number of fused-ring (bicyclic) bond motifs is 1. The minimum atomic E-state index is -0.489. The Morgan fingerprint density at radius 1 is 1.19 bits per heavy atom. The Labute approximate surface area is 150 Å². The van der Waals surface area contributed by atoms with Gasteiger partial charge in [-0.25, -0.2) is 0 Å². The van der Waals surface area contributed by atoms with Crippen molar-refractivity contribution < 1.29 is 9.72 Å². The van der Waals surface area contributed by atoms with Gasteiger partial charge in [0.05, 0.1) is 10.4 Å². The lowest BCUT2D eigenvalue weighted by atomic mass is 9.97. The quantitative estimate of drug-likeness (QED) is 0.543. The van der Waals surface area contributed by atoms with Crippen LogP contribution in [0, 0.1) is 30.9 Å². The molecule has 7 heteroatoms. The van der Waals surface area contributed by atoms with Crippen molar-refractivity contribution in [3.8, 4) is 0 Å². The van der Waals surface area contributed by atoms with Crippen LogP contribution in [-0.2, 0) is 6.42 Å². The highest BCUT2D eigenvalue weighted by Crippen LogP contribution is 2.22. The first kappa shape index (κ1) is 17.6. The third-order valence-corrected chi connectivity index (χ3v) is 4.47. The summed E-state index contributed by atoms with van der Waals surface area (Å²) < 4.78 is 0. The summed E-state index contributed by atoms with van der Waals surface area (Å²) in [5.41, 5.74) is 5.54. The molecule has 0 spiro atoms. The fourth-order valence-corrected chi connectivity index (χ4v) is 3.28. The predicted octanol–water partition coefficient (Wildman–Crippen LogP) is 3.37. The van der Waals surface area contributed by atoms with E-state index in [2.05, 4.69) is 48.4 Å². The molecule has 0 saturated carbocycles. The SMILES string of the molecule is Cc1cc(C)c(CCNC(=O)c2n[nH]c3ccc([N+](=O)[O-])cc23)c(C)c1. The molecule has 0 aliphatic carbocycles. The lowest BCUT2D eigenvalue weighted by Gasteiger charge is -2.11. The number of nitro groups is 1. The zero-order valence-corrected chi connectivity index (χ0v) is 14.9. The van der Waals surface area contributed by atoms with Gasteiger partial charge in [0.2, 0.25) is 0 Å². The van der Waals surface area contributed by atoms with Crippen molar-refractivity contribution in [2.24, 2.45) is 0 Å². The third-order valence-electron chi connectivity index (χ3n) is 4.47. The molecular formula is C19H20N4O3. The van der Waals surface area contributed by atoms with Gasteiger partial charge >= 0.3 is 0 Å². The van der Waals surface area contributed by atoms with Crippen LogP contribution in [-0.4, -0.2) is 27.6 Å². The maximum Gasteiger partial charge on any atom is 0.272 e. The van der Waals surface area contributed by atoms with Crippen LogP contribution in [0.4, 0.5) is 5.69 Å². The van der Waals surface area contributed by atoms with E-state index in [0.29, 0.717) is 23.9 Å². The average Bonchev–Trinajstić information content (AvgIpc) is 3.00. The van der Waals surface area contributed by atoms with Crippen molar-refractivity contribution >= 4 is 22.5 Å². The number of nitrogens with one attached hydrogen (secondary N) is 2. The summed E-state index contributed by atoms with van der Waals surface area (Å²) in [4.78, 5) is 22.9. The first-order valence-electron chi connectivity index (χ1n) is 8.34. The van der Waals surface area contributed by atoms with Crippen molar-refractivity contribution in [3.63, 3.8) is 0 Å². The smallest absolute Gasteiger partial charge is 0.272 e. The van der Waals surface area contributed by atoms with Crippen molar-refractivity contribution in [3.05, 3.63) is 68.4 Å². The monoisotopic (exact) mass is 352 g/mol. The normalized spacial score (nSPS) is 10.9. The molecule has 0 aliphatic rings. The number of amides is 1. The second kappa shape index (κ2) is 6.95. The molecule has 3 aromatic rings. The van der Waals surface area contributed by atoms with E-state index in [1.807, 2.05) is 0 Å². The van der Waals surface area contributed by atoms with E-state index in [1.54, 1.807) is 6.07 Å². The Morgan fingerprint density at radius 2 is 1.88 bits per heavy atom. The summed E-state index contributed by atoms with van der Waals surface area (Å²) in [6.07, 6.45) is 0.714. The van der Waals surface area contributed by atoms with Crippen LogP contribution in [0.1, 0.15) is 32.7 Å². The second-order valence-corrected chi connectivity index (χ2v) is 6.44. The molecule has 7 nitrogen and oxygen atoms in total. The van der Waals surface area contributed by atoms with Gasteiger partial charge in [-0.15, -0.1) is 0 Å². The van der Waals surface area contributed by atoms with E-state index in [9.17, 15) is 14.9 Å². The summed E-state index contributed by atoms with van der Waals surface area (Å²) >= 11 is 0. The van der Waals surface area contributed by atoms with Crippen molar-refractivity contribution in [1.82, 2.24) is 15.5 Å². The Bertz CT molecular complexity index is 984. The number of hydrogen-bond acceptors (Lipinski definition) is 4. The summed E-state index contributed by atoms with van der Waals surface area (Å²) in [5, 5.41) is 21.0. The summed E-state index contributed by atoms with van der Waals surface area (Å²) in [6, 6.07) is 8.55. The number of aromatic nitrogens is 2. The highest BCUT2D eigenvalue weighted by molar-refractivity contribution is 6.05. The molecule has 26 heavy (non-hydrogen) atoms. The van der Waals surface area contributed by atoms with Gasteiger partial charge in [0.25, 0.3) is 11.6 Å². The van der Waals surface area contributed by atoms with Crippen LogP contribution >= 0.6 is 0 Å². The third kappa shape index (κ3) is 3.42. The molecular weight excluding hydrogens is 332 g/mol. The lowest BCUT2D eigenvalue weighted by Crippen LogP contribution is -2.26. The molecule has 0 unspecified atom stereocenters. The molecule has 0 aliphatic heterocycles. The van der Waals surface area contributed by atoms with Crippen LogP contribution in [0.15, 0.2) is 30.3 Å². The number of carbonyl (C=O) groups excluding carboxylic acids is 1. The molecule has 2 aromatic carbocycles. The van der Waals surface area contributed by atoms with Crippen LogP contribution in [0.5, 0.6) is 0 Å². The van der Waals surface area contributed by atoms with Crippen molar-refractivity contribution in [2.45, 2.75) is 27.2 Å². The average molecular weight is 352 g/mol. The van der Waals surface area contributed by atoms with E-state index in [1.165, 1.54) is 34.4 Å². The fraction of sp³-hybridized carbons (Fsp3) is 0.263. The molecule has 0 radical (unpaired) electrons. The van der Waals surface area contributed by atoms with Gasteiger partial charge in [-0.05, 0) is 49.9 Å². The van der Waals surface area contributed by atoms with E-state index < -0.39 is 4.92 Å². The second-order valence-electron chi connectivity index (χ2n) is 6.44. The predicted molar refractivity (Wildman–Crippen MR) is 99.4 cm³/mol. The highest BCUT2D eigenvalue weighted by Gasteiger charge is 2.17. The first-order chi connectivity index (χ1) is 12.4. The van der Waals surface area contributed by atoms with Gasteiger partial charge in [-0.1, -0.05) is 17.7 Å². The van der Waals surface area contributed by atoms with E-state index >= 15 is 0 Å². The Balaban J connectivity index is 1.74. The van der Waals surface area contributed by atoms with Crippen LogP contribution in [0.3, 0.4) is 0 Å². The largest absolute Gasteiger partial charge is 0.350 e. The minimum absolute atomic E-state index is 0.0705. The molecule has 0 fully saturated rings. The number of aryl methyl sites for hydroxylation is 3. The molecule has 1 amide bonds. The van der Waals surface area contributed by atoms with Gasteiger partial charge < -0.3 is 5.32 Å². The maximum atomic E-state index is 12.5. The molecule has 1 aromatic heterocycles. The molecule has 0 bridgehead atoms. The molecule has 0 atom stereocenters. The van der Waals surface area contributed by atoms with Crippen LogP contribution in [0.2, 0.25) is 0 Å². The molecule has 3 rings (SSSR count). The van der Waals surface area contributed by atoms with Gasteiger partial charge in [0, 0.05) is 24.1 Å². The van der Waals surface area contributed by atoms with E-state index in [-0.39, 0.29) is 17.3 Å². The zero-order chi connectivity index (χ0) is 18.8. The van der Waals surface area contributed by atoms with Gasteiger partial charge in [-0.3, -0.25) is 20.0 Å². The standard InChI is InChI=1S/C19H20N4O3/c1-11-8-12(2)15(13(3)9-11)6-7-20-19(24)18-16-10-14(23(25)26)4-5-17(16)21-22-18/h4-5,8-10H,6-7H2,1-3H3,(H,20,24)(H,21,22). The lowest BCUT2D eigenvalue weighted by molar-refractivity contribution is -0.384. The van der Waals surface area contributed by atoms with E-state index in [0.717, 1.165) is 0 Å². The highest BCUT2D eigenvalue weighted by atomic mass is 16.6. The Hall–Kier alpha value is -3.22. The summed E-state index contributed by atoms with van der Waals surface area (Å²) in [7, 11) is 0. The number of nitrogens with zero attached hydrogens (tertiary/aromatic N) is 2. The maximum absolute atomic E-state index is 12.5. The van der Waals surface area contributed by atoms with E-state index in [4.69, 9.17) is 0 Å². The number of nitro benzene ring substituents is 1. The number of H-pyrrole nitrogens is 1. The Kier molecular flexibility index (Phi) is 4.71. The number of carbonyl (C=O) groups is 1. The number of aromatic amines is 1. The summed E-state index contributed by atoms with van der Waals surface area (Å²) in [6.45, 7) is 6.66. The molecule has 1 heterocycles. The number of rotatable bonds is 5. The van der Waals surface area contributed by atoms with Gasteiger partial charge in [-0.2, -0.15) is 5.10 Å². The van der Waals surface area contributed by atoms with Crippen molar-refractivity contribution in [2.75, 3.05) is 6.54 Å². The molecule has 2 N–H and O–H groups in total. The summed E-state index contributed by atoms with van der Waals surface area (Å²) in [5.74, 6) is -0.348. The molecule has 0 saturated heterocycles.